The lowest BCUT2D eigenvalue weighted by atomic mass is 9.89. The first-order valence-corrected chi connectivity index (χ1v) is 21.3. The molecule has 2 aliphatic heterocycles. The molecule has 0 radical (unpaired) electrons. The molecule has 0 amide bonds. The van der Waals surface area contributed by atoms with Crippen LogP contribution in [0, 0.1) is 0 Å². The van der Waals surface area contributed by atoms with E-state index in [-0.39, 0.29) is 67.5 Å². The van der Waals surface area contributed by atoms with Gasteiger partial charge in [-0.1, -0.05) is 22.0 Å². The number of rotatable bonds is 12. The number of allylic oxidation sites excluding steroid dienone is 2. The van der Waals surface area contributed by atoms with Crippen LogP contribution in [0.2, 0.25) is 0 Å². The summed E-state index contributed by atoms with van der Waals surface area (Å²) in [5, 5.41) is 11.6. The zero-order valence-corrected chi connectivity index (χ0v) is 38.3. The highest BCUT2D eigenvalue weighted by atomic mass is 79.9. The van der Waals surface area contributed by atoms with Crippen molar-refractivity contribution in [2.45, 2.75) is 51.1 Å². The molecule has 344 valence electrons. The third-order valence-corrected chi connectivity index (χ3v) is 12.8. The number of hydrogen-bond acceptors (Lipinski definition) is 14. The Morgan fingerprint density at radius 1 is 0.621 bits per heavy atom. The molecule has 22 nitrogen and oxygen atoms in total. The van der Waals surface area contributed by atoms with Crippen LogP contribution in [0.4, 0.5) is 0 Å². The Morgan fingerprint density at radius 3 is 1.59 bits per heavy atom. The molecule has 0 saturated carbocycles. The number of hydrogen-bond donors (Lipinski definition) is 1. The number of methoxy groups -OCH3 is 5. The fourth-order valence-corrected chi connectivity index (χ4v) is 9.51. The molecular formula is C43H43BrN10O12. The Hall–Kier alpha value is -7.56. The smallest absolute Gasteiger partial charge is 0.348 e. The number of phenolic OH excluding ortho intramolecular Hbond substituents is 1. The van der Waals surface area contributed by atoms with Crippen LogP contribution in [0.5, 0.6) is 34.5 Å². The molecule has 0 spiro atoms. The molecule has 2 atom stereocenters. The molecule has 4 aromatic heterocycles. The fourth-order valence-electron chi connectivity index (χ4n) is 9.05. The maximum absolute atomic E-state index is 14.6. The summed E-state index contributed by atoms with van der Waals surface area (Å²) in [7, 11) is 10.4. The van der Waals surface area contributed by atoms with Gasteiger partial charge in [0.15, 0.2) is 34.5 Å². The van der Waals surface area contributed by atoms with Gasteiger partial charge in [-0.05, 0) is 17.7 Å². The third-order valence-electron chi connectivity index (χ3n) is 12.4. The maximum Gasteiger partial charge on any atom is 0.348 e. The number of halogens is 1. The second-order valence-electron chi connectivity index (χ2n) is 15.7. The number of aryl methyl sites for hydroxylation is 4. The van der Waals surface area contributed by atoms with Crippen LogP contribution in [-0.4, -0.2) is 87.6 Å². The van der Waals surface area contributed by atoms with Gasteiger partial charge in [0.2, 0.25) is 0 Å². The summed E-state index contributed by atoms with van der Waals surface area (Å²) in [6, 6.07) is 7.43. The average Bonchev–Trinajstić information content (AvgIpc) is 3.71. The van der Waals surface area contributed by atoms with Crippen molar-refractivity contribution in [1.29, 1.82) is 0 Å². The van der Waals surface area contributed by atoms with E-state index in [9.17, 15) is 33.9 Å². The Balaban J connectivity index is 1.12. The maximum atomic E-state index is 14.6. The lowest BCUT2D eigenvalue weighted by Gasteiger charge is -2.38. The van der Waals surface area contributed by atoms with Crippen LogP contribution in [0.3, 0.4) is 0 Å². The molecule has 0 aliphatic carbocycles. The topological polar surface area (TPSA) is 234 Å². The van der Waals surface area contributed by atoms with Gasteiger partial charge in [-0.2, -0.15) is 0 Å². The van der Waals surface area contributed by atoms with E-state index < -0.39 is 46.0 Å². The highest BCUT2D eigenvalue weighted by Crippen LogP contribution is 2.45. The van der Waals surface area contributed by atoms with Crippen molar-refractivity contribution in [2.24, 2.45) is 14.1 Å². The number of aromatic hydroxyl groups is 1. The van der Waals surface area contributed by atoms with Gasteiger partial charge in [0.05, 0.1) is 76.7 Å². The molecule has 23 heteroatoms. The summed E-state index contributed by atoms with van der Waals surface area (Å²) in [6.07, 6.45) is 1.48. The molecule has 2 unspecified atom stereocenters. The van der Waals surface area contributed by atoms with Gasteiger partial charge >= 0.3 is 22.8 Å². The standard InChI is InChI=1S/C43H43BrN10O12/c1-47-28-18-33(64-5)31(62-3)16-26(28)45-24(38(47)56)9-11-49-40(58)51-13-8-22-30(53(51)42(49)60)20-52-41(59)50(43(61)54(52)36(22)23-14-21(44)15-35(66-7)37(23)55)12-10-25-39(57)48(2)29-19-34(65-6)32(63-4)17-27(29)46-25/h8,14-19,30,36,55H,9-13,20H2,1-7H3. The summed E-state index contributed by atoms with van der Waals surface area (Å²) in [5.74, 6) is 1.34. The van der Waals surface area contributed by atoms with Gasteiger partial charge in [0.1, 0.15) is 17.4 Å². The van der Waals surface area contributed by atoms with Gasteiger partial charge in [0.25, 0.3) is 11.1 Å². The van der Waals surface area contributed by atoms with E-state index >= 15 is 0 Å². The number of benzene rings is 3. The molecule has 6 heterocycles. The highest BCUT2D eigenvalue weighted by Gasteiger charge is 2.42. The first-order valence-electron chi connectivity index (χ1n) is 20.5. The quantitative estimate of drug-likeness (QED) is 0.170. The predicted molar refractivity (Wildman–Crippen MR) is 241 cm³/mol. The molecule has 9 rings (SSSR count). The van der Waals surface area contributed by atoms with Crippen molar-refractivity contribution in [3.63, 3.8) is 0 Å². The van der Waals surface area contributed by atoms with Crippen LogP contribution in [-0.2, 0) is 53.1 Å². The monoisotopic (exact) mass is 970 g/mol. The lowest BCUT2D eigenvalue weighted by Crippen LogP contribution is -2.47. The Bertz CT molecular complexity index is 3590. The molecule has 66 heavy (non-hydrogen) atoms. The van der Waals surface area contributed by atoms with E-state index in [0.717, 1.165) is 9.13 Å². The predicted octanol–water partition coefficient (Wildman–Crippen LogP) is 1.21. The molecular weight excluding hydrogens is 928 g/mol. The molecule has 2 aliphatic rings. The minimum Gasteiger partial charge on any atom is -0.504 e. The third kappa shape index (κ3) is 6.66. The van der Waals surface area contributed by atoms with Crippen molar-refractivity contribution in [2.75, 3.05) is 35.5 Å². The number of nitrogens with zero attached hydrogens (tertiary/aromatic N) is 10. The first kappa shape index (κ1) is 43.7. The van der Waals surface area contributed by atoms with E-state index in [1.807, 2.05) is 0 Å². The van der Waals surface area contributed by atoms with E-state index in [0.29, 0.717) is 55.1 Å². The average molecular weight is 972 g/mol. The van der Waals surface area contributed by atoms with Gasteiger partial charge in [0, 0.05) is 74.3 Å². The van der Waals surface area contributed by atoms with Crippen molar-refractivity contribution in [1.82, 2.24) is 47.0 Å². The Labute approximate surface area is 380 Å². The van der Waals surface area contributed by atoms with E-state index in [1.54, 1.807) is 50.5 Å². The molecule has 7 aromatic rings. The molecule has 0 bridgehead atoms. The van der Waals surface area contributed by atoms with Crippen molar-refractivity contribution >= 4 is 38.0 Å². The number of ether oxygens (including phenoxy) is 5. The zero-order valence-electron chi connectivity index (χ0n) is 36.7. The van der Waals surface area contributed by atoms with Crippen LogP contribution in [0.1, 0.15) is 29.0 Å². The molecule has 0 saturated heterocycles. The van der Waals surface area contributed by atoms with Crippen molar-refractivity contribution in [3.8, 4) is 34.5 Å². The van der Waals surface area contributed by atoms with Gasteiger partial charge < -0.3 is 37.9 Å². The summed E-state index contributed by atoms with van der Waals surface area (Å²) in [5.41, 5.74) is -1.24. The second-order valence-corrected chi connectivity index (χ2v) is 16.6. The van der Waals surface area contributed by atoms with E-state index in [4.69, 9.17) is 23.7 Å². The fraction of sp³-hybridized carbons (Fsp3) is 0.349. The summed E-state index contributed by atoms with van der Waals surface area (Å²) < 4.78 is 37.2. The van der Waals surface area contributed by atoms with Gasteiger partial charge in [-0.3, -0.25) is 9.59 Å². The first-order chi connectivity index (χ1) is 31.6. The molecule has 1 N–H and O–H groups in total. The van der Waals surface area contributed by atoms with Crippen molar-refractivity contribution in [3.05, 3.63) is 132 Å². The largest absolute Gasteiger partial charge is 0.504 e. The van der Waals surface area contributed by atoms with E-state index in [1.165, 1.54) is 69.5 Å². The normalized spacial score (nSPS) is 15.3. The Morgan fingerprint density at radius 2 is 1.09 bits per heavy atom. The SMILES string of the molecule is COc1cc2nc(CCn3c(=O)n4n(c3=O)C3Cn5c(=O)n(CCc6nc7cc(OC)c(OC)cc7n(C)c6=O)c(=O)n5C(c5cc(Br)cc(OC)c5O)C3=CC4)c(=O)n(C)c2cc1OC. The van der Waals surface area contributed by atoms with Crippen LogP contribution >= 0.6 is 15.9 Å². The highest BCUT2D eigenvalue weighted by molar-refractivity contribution is 9.10. The summed E-state index contributed by atoms with van der Waals surface area (Å²) in [6.45, 7) is -0.863. The van der Waals surface area contributed by atoms with Crippen LogP contribution < -0.4 is 57.6 Å². The van der Waals surface area contributed by atoms with Crippen LogP contribution in [0.15, 0.2) is 81.3 Å². The molecule has 0 fully saturated rings. The van der Waals surface area contributed by atoms with E-state index in [2.05, 4.69) is 25.9 Å². The van der Waals surface area contributed by atoms with Crippen LogP contribution in [0.25, 0.3) is 22.1 Å². The lowest BCUT2D eigenvalue weighted by molar-refractivity contribution is 0.243. The minimum atomic E-state index is -1.19. The van der Waals surface area contributed by atoms with Gasteiger partial charge in [-0.15, -0.1) is 0 Å². The number of fused-ring (bicyclic) bond motifs is 6. The van der Waals surface area contributed by atoms with Crippen molar-refractivity contribution < 1.29 is 28.8 Å². The summed E-state index contributed by atoms with van der Waals surface area (Å²) in [4.78, 5) is 94.0. The summed E-state index contributed by atoms with van der Waals surface area (Å²) >= 11 is 3.47. The molecule has 3 aromatic carbocycles. The minimum absolute atomic E-state index is 0.0676. The second kappa shape index (κ2) is 16.5. The Kier molecular flexibility index (Phi) is 10.9. The number of aromatic nitrogens is 10. The zero-order chi connectivity index (χ0) is 47.0. The number of phenols is 1. The van der Waals surface area contributed by atoms with Gasteiger partial charge in [-0.25, -0.2) is 57.0 Å².